The van der Waals surface area contributed by atoms with Crippen LogP contribution in [0.3, 0.4) is 0 Å². The highest BCUT2D eigenvalue weighted by atomic mass is 16.5. The number of hydrogen-bond donors (Lipinski definition) is 1. The van der Waals surface area contributed by atoms with Crippen molar-refractivity contribution in [3.63, 3.8) is 0 Å². The van der Waals surface area contributed by atoms with Crippen molar-refractivity contribution in [2.45, 2.75) is 44.8 Å². The molecule has 3 atom stereocenters. The van der Waals surface area contributed by atoms with Gasteiger partial charge in [0.05, 0.1) is 12.2 Å². The van der Waals surface area contributed by atoms with E-state index in [9.17, 15) is 0 Å². The SMILES string of the molecule is CCC(C)(OC)C(NC)C1CCCOC1. The molecule has 1 aliphatic heterocycles. The Morgan fingerprint density at radius 2 is 2.33 bits per heavy atom. The molecule has 0 aromatic carbocycles. The van der Waals surface area contributed by atoms with Gasteiger partial charge in [-0.15, -0.1) is 0 Å². The smallest absolute Gasteiger partial charge is 0.0803 e. The second-order valence-corrected chi connectivity index (χ2v) is 4.61. The number of rotatable bonds is 5. The molecule has 0 spiro atoms. The Labute approximate surface area is 93.5 Å². The van der Waals surface area contributed by atoms with Crippen LogP contribution in [0.5, 0.6) is 0 Å². The fourth-order valence-electron chi connectivity index (χ4n) is 2.56. The number of nitrogens with one attached hydrogen (secondary N) is 1. The van der Waals surface area contributed by atoms with E-state index in [4.69, 9.17) is 9.47 Å². The third-order valence-electron chi connectivity index (χ3n) is 3.80. The van der Waals surface area contributed by atoms with Crippen LogP contribution in [-0.2, 0) is 9.47 Å². The van der Waals surface area contributed by atoms with E-state index in [2.05, 4.69) is 19.2 Å². The first-order valence-corrected chi connectivity index (χ1v) is 5.98. The van der Waals surface area contributed by atoms with E-state index in [-0.39, 0.29) is 5.60 Å². The van der Waals surface area contributed by atoms with Crippen LogP contribution in [0.1, 0.15) is 33.1 Å². The molecule has 0 radical (unpaired) electrons. The van der Waals surface area contributed by atoms with Crippen LogP contribution >= 0.6 is 0 Å². The zero-order valence-corrected chi connectivity index (χ0v) is 10.5. The van der Waals surface area contributed by atoms with Gasteiger partial charge < -0.3 is 14.8 Å². The summed E-state index contributed by atoms with van der Waals surface area (Å²) >= 11 is 0. The Kier molecular flexibility index (Phi) is 5.03. The van der Waals surface area contributed by atoms with E-state index in [0.717, 1.165) is 19.6 Å². The minimum atomic E-state index is -0.0832. The molecule has 1 fully saturated rings. The van der Waals surface area contributed by atoms with Crippen molar-refractivity contribution in [1.29, 1.82) is 0 Å². The molecule has 0 saturated carbocycles. The molecule has 15 heavy (non-hydrogen) atoms. The van der Waals surface area contributed by atoms with E-state index in [1.54, 1.807) is 7.11 Å². The molecule has 90 valence electrons. The average Bonchev–Trinajstić information content (AvgIpc) is 2.31. The summed E-state index contributed by atoms with van der Waals surface area (Å²) in [6.07, 6.45) is 3.43. The van der Waals surface area contributed by atoms with Gasteiger partial charge in [-0.05, 0) is 33.2 Å². The molecule has 1 heterocycles. The summed E-state index contributed by atoms with van der Waals surface area (Å²) in [6, 6.07) is 0.382. The maximum absolute atomic E-state index is 5.68. The minimum absolute atomic E-state index is 0.0832. The summed E-state index contributed by atoms with van der Waals surface area (Å²) in [7, 11) is 3.82. The summed E-state index contributed by atoms with van der Waals surface area (Å²) in [4.78, 5) is 0. The van der Waals surface area contributed by atoms with Crippen LogP contribution < -0.4 is 5.32 Å². The van der Waals surface area contributed by atoms with Crippen LogP contribution in [-0.4, -0.2) is 39.0 Å². The molecule has 1 saturated heterocycles. The van der Waals surface area contributed by atoms with Gasteiger partial charge in [0, 0.05) is 25.7 Å². The highest BCUT2D eigenvalue weighted by Crippen LogP contribution is 2.29. The second kappa shape index (κ2) is 5.83. The van der Waals surface area contributed by atoms with E-state index < -0.39 is 0 Å². The Balaban J connectivity index is 2.67. The van der Waals surface area contributed by atoms with Gasteiger partial charge in [-0.25, -0.2) is 0 Å². The fraction of sp³-hybridized carbons (Fsp3) is 1.00. The summed E-state index contributed by atoms with van der Waals surface area (Å²) < 4.78 is 11.2. The molecule has 0 aromatic rings. The van der Waals surface area contributed by atoms with E-state index >= 15 is 0 Å². The first kappa shape index (κ1) is 12.9. The van der Waals surface area contributed by atoms with Crippen LogP contribution in [0.2, 0.25) is 0 Å². The summed E-state index contributed by atoms with van der Waals surface area (Å²) in [5.74, 6) is 0.577. The van der Waals surface area contributed by atoms with Gasteiger partial charge in [0.2, 0.25) is 0 Å². The van der Waals surface area contributed by atoms with Crippen molar-refractivity contribution >= 4 is 0 Å². The van der Waals surface area contributed by atoms with Gasteiger partial charge in [0.25, 0.3) is 0 Å². The first-order valence-electron chi connectivity index (χ1n) is 5.98. The lowest BCUT2D eigenvalue weighted by molar-refractivity contribution is -0.0675. The summed E-state index contributed by atoms with van der Waals surface area (Å²) in [5.41, 5.74) is -0.0832. The number of likely N-dealkylation sites (N-methyl/N-ethyl adjacent to an activating group) is 1. The summed E-state index contributed by atoms with van der Waals surface area (Å²) in [5, 5.41) is 3.41. The molecule has 1 rings (SSSR count). The predicted octanol–water partition coefficient (Wildman–Crippen LogP) is 1.82. The monoisotopic (exact) mass is 215 g/mol. The molecule has 0 aromatic heterocycles. The lowest BCUT2D eigenvalue weighted by Gasteiger charge is -2.41. The average molecular weight is 215 g/mol. The van der Waals surface area contributed by atoms with E-state index in [1.807, 2.05) is 7.05 Å². The van der Waals surface area contributed by atoms with Crippen LogP contribution in [0.15, 0.2) is 0 Å². The molecule has 3 heteroatoms. The van der Waals surface area contributed by atoms with Crippen molar-refractivity contribution in [2.24, 2.45) is 5.92 Å². The second-order valence-electron chi connectivity index (χ2n) is 4.61. The van der Waals surface area contributed by atoms with Gasteiger partial charge >= 0.3 is 0 Å². The van der Waals surface area contributed by atoms with E-state index in [0.29, 0.717) is 12.0 Å². The predicted molar refractivity (Wildman–Crippen MR) is 62.1 cm³/mol. The fourth-order valence-corrected chi connectivity index (χ4v) is 2.56. The van der Waals surface area contributed by atoms with Gasteiger partial charge in [-0.3, -0.25) is 0 Å². The zero-order chi connectivity index (χ0) is 11.3. The maximum atomic E-state index is 5.68. The lowest BCUT2D eigenvalue weighted by Crippen LogP contribution is -2.54. The standard InChI is InChI=1S/C12H25NO2/c1-5-12(2,14-4)11(13-3)10-7-6-8-15-9-10/h10-11,13H,5-9H2,1-4H3. The lowest BCUT2D eigenvalue weighted by atomic mass is 9.81. The molecule has 0 bridgehead atoms. The molecular formula is C12H25NO2. The van der Waals surface area contributed by atoms with Gasteiger partial charge in [-0.1, -0.05) is 6.92 Å². The topological polar surface area (TPSA) is 30.5 Å². The van der Waals surface area contributed by atoms with Crippen LogP contribution in [0.25, 0.3) is 0 Å². The van der Waals surface area contributed by atoms with Crippen molar-refractivity contribution in [3.05, 3.63) is 0 Å². The maximum Gasteiger partial charge on any atom is 0.0803 e. The molecule has 0 amide bonds. The van der Waals surface area contributed by atoms with Gasteiger partial charge in [0.15, 0.2) is 0 Å². The number of ether oxygens (including phenoxy) is 2. The minimum Gasteiger partial charge on any atom is -0.381 e. The zero-order valence-electron chi connectivity index (χ0n) is 10.5. The van der Waals surface area contributed by atoms with Gasteiger partial charge in [0.1, 0.15) is 0 Å². The van der Waals surface area contributed by atoms with Crippen LogP contribution in [0.4, 0.5) is 0 Å². The van der Waals surface area contributed by atoms with E-state index in [1.165, 1.54) is 12.8 Å². The Hall–Kier alpha value is -0.120. The molecule has 0 aliphatic carbocycles. The molecule has 1 N–H and O–H groups in total. The quantitative estimate of drug-likeness (QED) is 0.759. The van der Waals surface area contributed by atoms with Crippen LogP contribution in [0, 0.1) is 5.92 Å². The van der Waals surface area contributed by atoms with Gasteiger partial charge in [-0.2, -0.15) is 0 Å². The highest BCUT2D eigenvalue weighted by molar-refractivity contribution is 4.93. The molecule has 1 aliphatic rings. The third kappa shape index (κ3) is 2.92. The largest absolute Gasteiger partial charge is 0.381 e. The number of hydrogen-bond acceptors (Lipinski definition) is 3. The van der Waals surface area contributed by atoms with Crippen molar-refractivity contribution in [1.82, 2.24) is 5.32 Å². The number of methoxy groups -OCH3 is 1. The Bertz CT molecular complexity index is 174. The highest BCUT2D eigenvalue weighted by Gasteiger charge is 2.37. The third-order valence-corrected chi connectivity index (χ3v) is 3.80. The van der Waals surface area contributed by atoms with Crippen molar-refractivity contribution < 1.29 is 9.47 Å². The Morgan fingerprint density at radius 3 is 2.73 bits per heavy atom. The molecule has 3 unspecified atom stereocenters. The normalized spacial score (nSPS) is 28.4. The van der Waals surface area contributed by atoms with Crippen molar-refractivity contribution in [2.75, 3.05) is 27.4 Å². The first-order chi connectivity index (χ1) is 7.18. The summed E-state index contributed by atoms with van der Waals surface area (Å²) in [6.45, 7) is 6.15. The van der Waals surface area contributed by atoms with Crippen molar-refractivity contribution in [3.8, 4) is 0 Å². The Morgan fingerprint density at radius 1 is 1.60 bits per heavy atom. The molecule has 3 nitrogen and oxygen atoms in total. The molecular weight excluding hydrogens is 190 g/mol.